The predicted octanol–water partition coefficient (Wildman–Crippen LogP) is 1.36. The summed E-state index contributed by atoms with van der Waals surface area (Å²) in [4.78, 5) is 0. The van der Waals surface area contributed by atoms with Crippen molar-refractivity contribution in [2.75, 3.05) is 20.0 Å². The topological polar surface area (TPSA) is 92.3 Å². The quantitative estimate of drug-likeness (QED) is 0.730. The highest BCUT2D eigenvalue weighted by Crippen LogP contribution is 2.34. The molecule has 1 aliphatic rings. The van der Waals surface area contributed by atoms with Crippen LogP contribution in [0.5, 0.6) is 0 Å². The molecule has 0 bridgehead atoms. The lowest BCUT2D eigenvalue weighted by atomic mass is 10.0. The molecular weight excluding hydrogens is 296 g/mol. The van der Waals surface area contributed by atoms with E-state index >= 15 is 0 Å². The first kappa shape index (κ1) is 15.3. The molecule has 0 saturated heterocycles. The molecule has 1 aromatic carbocycles. The number of nitrogens with two attached hydrogens (primary N) is 1. The number of para-hydroxylation sites is 1. The van der Waals surface area contributed by atoms with Crippen LogP contribution in [0.4, 0.5) is 5.69 Å². The Morgan fingerprint density at radius 2 is 2.10 bits per heavy atom. The first-order valence-corrected chi connectivity index (χ1v) is 6.50. The molecule has 0 radical (unpaired) electrons. The zero-order valence-corrected chi connectivity index (χ0v) is 12.7. The van der Waals surface area contributed by atoms with Crippen molar-refractivity contribution >= 4 is 23.2 Å². The molecule has 0 aromatic heterocycles. The minimum Gasteiger partial charge on any atom is -0.481 e. The van der Waals surface area contributed by atoms with Crippen LogP contribution in [0.25, 0.3) is 0 Å². The van der Waals surface area contributed by atoms with Crippen LogP contribution < -0.4 is 11.2 Å². The van der Waals surface area contributed by atoms with Crippen molar-refractivity contribution in [1.82, 2.24) is 10.5 Å². The molecule has 4 N–H and O–H groups in total. The maximum atomic E-state index is 10.8. The van der Waals surface area contributed by atoms with E-state index in [4.69, 9.17) is 26.8 Å². The van der Waals surface area contributed by atoms with Gasteiger partial charge in [-0.05, 0) is 13.0 Å². The molecule has 2 rings (SSSR count). The number of ether oxygens (including phenoxy) is 2. The van der Waals surface area contributed by atoms with Gasteiger partial charge in [0.25, 0.3) is 0 Å². The van der Waals surface area contributed by atoms with Gasteiger partial charge in [-0.3, -0.25) is 0 Å². The number of nitrogens with zero attached hydrogens (tertiary/aromatic N) is 2. The number of methoxy groups -OCH3 is 2. The average Bonchev–Trinajstić information content (AvgIpc) is 2.49. The van der Waals surface area contributed by atoms with Crippen molar-refractivity contribution in [3.63, 3.8) is 0 Å². The van der Waals surface area contributed by atoms with Crippen LogP contribution in [-0.4, -0.2) is 30.3 Å². The highest BCUT2D eigenvalue weighted by Gasteiger charge is 2.36. The van der Waals surface area contributed by atoms with Gasteiger partial charge in [0, 0.05) is 5.56 Å². The molecule has 8 heteroatoms. The minimum atomic E-state index is -1.57. The average molecular weight is 313 g/mol. The van der Waals surface area contributed by atoms with Crippen LogP contribution in [0.3, 0.4) is 0 Å². The molecule has 1 unspecified atom stereocenters. The number of nitrogen functional groups attached to an aromatic ring is 1. The number of aliphatic hydroxyl groups is 1. The standard InChI is InChI=1S/C13H17ClN4O3/c1-13(19,8-5-4-6-9(14)12(8)15)18-16-10(20-2)7-11(17-18)21-3/h4-7,16,19H,15H2,1-3H3. The Morgan fingerprint density at radius 3 is 2.71 bits per heavy atom. The zero-order valence-electron chi connectivity index (χ0n) is 11.9. The van der Waals surface area contributed by atoms with Crippen molar-refractivity contribution in [1.29, 1.82) is 0 Å². The van der Waals surface area contributed by atoms with Gasteiger partial charge in [0.05, 0.1) is 31.0 Å². The Bertz CT molecular complexity index is 601. The van der Waals surface area contributed by atoms with Crippen LogP contribution in [0.2, 0.25) is 5.02 Å². The predicted molar refractivity (Wildman–Crippen MR) is 79.9 cm³/mol. The summed E-state index contributed by atoms with van der Waals surface area (Å²) < 4.78 is 10.2. The van der Waals surface area contributed by atoms with E-state index in [1.54, 1.807) is 24.3 Å². The van der Waals surface area contributed by atoms with Crippen LogP contribution in [0.1, 0.15) is 12.5 Å². The van der Waals surface area contributed by atoms with Gasteiger partial charge in [-0.2, -0.15) is 5.12 Å². The fourth-order valence-electron chi connectivity index (χ4n) is 1.88. The third-order valence-electron chi connectivity index (χ3n) is 3.07. The first-order chi connectivity index (χ1) is 9.90. The lowest BCUT2D eigenvalue weighted by molar-refractivity contribution is -0.132. The third-order valence-corrected chi connectivity index (χ3v) is 3.40. The van der Waals surface area contributed by atoms with E-state index in [0.717, 1.165) is 0 Å². The zero-order chi connectivity index (χ0) is 15.6. The minimum absolute atomic E-state index is 0.270. The molecule has 1 aromatic rings. The van der Waals surface area contributed by atoms with Gasteiger partial charge in [-0.1, -0.05) is 23.7 Å². The van der Waals surface area contributed by atoms with Gasteiger partial charge in [0.1, 0.15) is 0 Å². The van der Waals surface area contributed by atoms with Crippen LogP contribution >= 0.6 is 11.6 Å². The molecule has 0 saturated carbocycles. The summed E-state index contributed by atoms with van der Waals surface area (Å²) in [6, 6.07) is 5.00. The number of rotatable bonds is 3. The lowest BCUT2D eigenvalue weighted by Gasteiger charge is -2.37. The van der Waals surface area contributed by atoms with E-state index in [0.29, 0.717) is 16.5 Å². The SMILES string of the molecule is COC1=CC(OC)=NN(C(C)(O)c2cccc(Cl)c2N)N1. The second-order valence-electron chi connectivity index (χ2n) is 4.50. The molecular formula is C13H17ClN4O3. The molecule has 1 aliphatic heterocycles. The largest absolute Gasteiger partial charge is 0.481 e. The number of nitrogens with one attached hydrogen (secondary N) is 1. The number of anilines is 1. The van der Waals surface area contributed by atoms with E-state index in [2.05, 4.69) is 10.5 Å². The molecule has 0 fully saturated rings. The summed E-state index contributed by atoms with van der Waals surface area (Å²) in [5.41, 5.74) is 7.85. The summed E-state index contributed by atoms with van der Waals surface area (Å²) in [5, 5.41) is 16.5. The van der Waals surface area contributed by atoms with Crippen molar-refractivity contribution < 1.29 is 14.6 Å². The molecule has 7 nitrogen and oxygen atoms in total. The number of hydrazine groups is 1. The molecule has 0 amide bonds. The monoisotopic (exact) mass is 312 g/mol. The van der Waals surface area contributed by atoms with Gasteiger partial charge in [0.15, 0.2) is 5.72 Å². The summed E-state index contributed by atoms with van der Waals surface area (Å²) in [6.07, 6.45) is 1.55. The smallest absolute Gasteiger partial charge is 0.238 e. The van der Waals surface area contributed by atoms with Crippen molar-refractivity contribution in [3.05, 3.63) is 40.7 Å². The van der Waals surface area contributed by atoms with E-state index in [1.165, 1.54) is 26.3 Å². The Labute approximate surface area is 127 Å². The van der Waals surface area contributed by atoms with Gasteiger partial charge in [-0.25, -0.2) is 5.43 Å². The van der Waals surface area contributed by atoms with Crippen molar-refractivity contribution in [2.45, 2.75) is 12.6 Å². The van der Waals surface area contributed by atoms with E-state index in [1.807, 2.05) is 0 Å². The normalized spacial score (nSPS) is 17.3. The molecule has 0 aliphatic carbocycles. The molecule has 0 spiro atoms. The number of hydrogen-bond donors (Lipinski definition) is 3. The Kier molecular flexibility index (Phi) is 4.15. The number of benzene rings is 1. The lowest BCUT2D eigenvalue weighted by Crippen LogP contribution is -2.51. The van der Waals surface area contributed by atoms with Crippen LogP contribution in [0.15, 0.2) is 35.3 Å². The molecule has 1 heterocycles. The number of hydrazone groups is 1. The summed E-state index contributed by atoms with van der Waals surface area (Å²) in [7, 11) is 2.95. The Hall–Kier alpha value is -2.12. The highest BCUT2D eigenvalue weighted by atomic mass is 35.5. The van der Waals surface area contributed by atoms with Gasteiger partial charge in [0.2, 0.25) is 11.8 Å². The molecule has 21 heavy (non-hydrogen) atoms. The number of hydrogen-bond acceptors (Lipinski definition) is 7. The summed E-state index contributed by atoms with van der Waals surface area (Å²) in [6.45, 7) is 1.53. The molecule has 114 valence electrons. The maximum absolute atomic E-state index is 10.8. The molecule has 1 atom stereocenters. The Balaban J connectivity index is 2.42. The fourth-order valence-corrected chi connectivity index (χ4v) is 2.05. The fraction of sp³-hybridized carbons (Fsp3) is 0.308. The highest BCUT2D eigenvalue weighted by molar-refractivity contribution is 6.33. The number of halogens is 1. The van der Waals surface area contributed by atoms with E-state index in [-0.39, 0.29) is 11.6 Å². The maximum Gasteiger partial charge on any atom is 0.238 e. The summed E-state index contributed by atoms with van der Waals surface area (Å²) in [5.74, 6) is 0.634. The second-order valence-corrected chi connectivity index (χ2v) is 4.91. The summed E-state index contributed by atoms with van der Waals surface area (Å²) >= 11 is 6.00. The Morgan fingerprint density at radius 1 is 1.38 bits per heavy atom. The van der Waals surface area contributed by atoms with Crippen molar-refractivity contribution in [2.24, 2.45) is 5.10 Å². The van der Waals surface area contributed by atoms with E-state index < -0.39 is 5.72 Å². The van der Waals surface area contributed by atoms with Gasteiger partial charge in [-0.15, -0.1) is 5.10 Å². The van der Waals surface area contributed by atoms with Gasteiger partial charge < -0.3 is 20.3 Å². The van der Waals surface area contributed by atoms with Crippen molar-refractivity contribution in [3.8, 4) is 0 Å². The van der Waals surface area contributed by atoms with Crippen LogP contribution in [-0.2, 0) is 15.2 Å². The first-order valence-electron chi connectivity index (χ1n) is 6.12. The van der Waals surface area contributed by atoms with Crippen LogP contribution in [0, 0.1) is 0 Å². The van der Waals surface area contributed by atoms with Gasteiger partial charge >= 0.3 is 0 Å². The third kappa shape index (κ3) is 2.84. The van der Waals surface area contributed by atoms with E-state index in [9.17, 15) is 5.11 Å². The second kappa shape index (κ2) is 5.71.